The Labute approximate surface area is 431 Å². The Morgan fingerprint density at radius 1 is 0.287 bits per heavy atom. The Kier molecular flexibility index (Phi) is 22.9. The van der Waals surface area contributed by atoms with Crippen molar-refractivity contribution >= 4 is 46.6 Å². The van der Waals surface area contributed by atoms with E-state index in [2.05, 4.69) is 7.26 Å². The van der Waals surface area contributed by atoms with E-state index < -0.39 is 226 Å². The molecule has 0 saturated carbocycles. The van der Waals surface area contributed by atoms with Crippen molar-refractivity contribution in [3.8, 4) is 0 Å². The Morgan fingerprint density at radius 3 is 0.613 bits per heavy atom. The molecule has 0 N–H and O–H groups in total. The maximum atomic E-state index is 15.4. The van der Waals surface area contributed by atoms with Crippen LogP contribution >= 0.6 is 20.6 Å². The van der Waals surface area contributed by atoms with Crippen LogP contribution in [0.15, 0.2) is 0 Å². The summed E-state index contributed by atoms with van der Waals surface area (Å²) in [6, 6.07) is 0. The van der Waals surface area contributed by atoms with Gasteiger partial charge in [0.25, 0.3) is 0 Å². The quantitative estimate of drug-likeness (QED) is 0.0591. The minimum absolute atomic E-state index is 0.480. The van der Waals surface area contributed by atoms with Gasteiger partial charge in [-0.05, 0) is 25.7 Å². The number of hydrogen-bond donors (Lipinski definition) is 0. The fourth-order valence-electron chi connectivity index (χ4n) is 6.01. The van der Waals surface area contributed by atoms with Crippen molar-refractivity contribution in [2.24, 2.45) is 0 Å². The van der Waals surface area contributed by atoms with Gasteiger partial charge in [0.1, 0.15) is 0 Å². The third-order valence-electron chi connectivity index (χ3n) is 10.8. The normalized spacial score (nSPS) is 16.6. The smallest absolute Gasteiger partial charge is 0.298 e. The van der Waals surface area contributed by atoms with Gasteiger partial charge < -0.3 is 0 Å². The standard InChI is InChI=1S/C35H40F34O7S4/c1-5-9-13-77(14-10-6-2,75-79(71,72)34(66,67)30(56,57)26(48,49)22(40,41)20(36,37)24(44,45)28(52,53)32(60,61)62)17-19(70)18-78(15-11-7-3,16-12-8-4)76-80(73,74)35(68,69)31(58,59)27(50,51)23(42,43)21(38,39)25(46,47)29(54,55)33(63,64)65/h5-18H2,1-4H3. The zero-order chi connectivity index (χ0) is 64.9. The summed E-state index contributed by atoms with van der Waals surface area (Å²) in [5.41, 5.74) is 0. The average Bonchev–Trinajstić information content (AvgIpc) is 3.26. The molecule has 0 aromatic heterocycles. The van der Waals surface area contributed by atoms with Crippen LogP contribution in [0.2, 0.25) is 0 Å². The second-order valence-corrected chi connectivity index (χ2v) is 27.0. The largest absolute Gasteiger partial charge is 0.460 e. The van der Waals surface area contributed by atoms with E-state index in [9.17, 15) is 153 Å². The summed E-state index contributed by atoms with van der Waals surface area (Å²) >= 11 is 0. The second kappa shape index (κ2) is 23.6. The highest BCUT2D eigenvalue weighted by Gasteiger charge is 2.98. The molecule has 0 saturated heterocycles. The molecule has 484 valence electrons. The van der Waals surface area contributed by atoms with Gasteiger partial charge in [0, 0.05) is 23.0 Å². The van der Waals surface area contributed by atoms with Crippen molar-refractivity contribution in [1.29, 1.82) is 0 Å². The van der Waals surface area contributed by atoms with Crippen molar-refractivity contribution in [2.75, 3.05) is 34.5 Å². The van der Waals surface area contributed by atoms with Gasteiger partial charge in [0.05, 0.1) is 11.5 Å². The SMILES string of the molecule is CCCCS(CCCC)(CC(=O)CS(CCCC)(CCCC)OS(=O)(=O)C(F)(F)C(F)(F)C(F)(F)C(F)(F)C(F)(F)C(F)(F)C(F)(F)C(F)(F)F)OS(=O)(=O)C(F)(F)C(F)(F)C(F)(F)C(F)(F)C(F)(F)C(F)(F)C(F)(F)C(F)(F)F. The summed E-state index contributed by atoms with van der Waals surface area (Å²) in [5.74, 6) is -122. The first kappa shape index (κ1) is 77.8. The number of unbranched alkanes of at least 4 members (excludes halogenated alkanes) is 4. The minimum atomic E-state index is -9.35. The lowest BCUT2D eigenvalue weighted by molar-refractivity contribution is -0.458. The molecule has 80 heavy (non-hydrogen) atoms. The zero-order valence-electron chi connectivity index (χ0n) is 39.7. The minimum Gasteiger partial charge on any atom is -0.298 e. The van der Waals surface area contributed by atoms with Gasteiger partial charge in [-0.1, -0.05) is 53.4 Å². The third-order valence-corrected chi connectivity index (χ3v) is 22.1. The molecule has 0 unspecified atom stereocenters. The van der Waals surface area contributed by atoms with Crippen molar-refractivity contribution in [3.63, 3.8) is 0 Å². The predicted molar refractivity (Wildman–Crippen MR) is 210 cm³/mol. The van der Waals surface area contributed by atoms with E-state index in [0.717, 1.165) is 27.7 Å². The monoisotopic (exact) mass is 1350 g/mol. The van der Waals surface area contributed by atoms with Crippen LogP contribution in [0.1, 0.15) is 79.1 Å². The highest BCUT2D eigenvalue weighted by Crippen LogP contribution is 2.68. The molecular formula is C35H40F34O7S4. The molecule has 0 spiro atoms. The molecule has 0 heterocycles. The number of halogens is 34. The van der Waals surface area contributed by atoms with Crippen LogP contribution in [0.4, 0.5) is 149 Å². The number of alkyl halides is 34. The highest BCUT2D eigenvalue weighted by atomic mass is 32.3. The fraction of sp³-hybridized carbons (Fsp3) is 0.971. The first-order chi connectivity index (χ1) is 34.8. The van der Waals surface area contributed by atoms with Gasteiger partial charge in [-0.15, -0.1) is 20.6 Å². The fourth-order valence-corrected chi connectivity index (χ4v) is 17.8. The van der Waals surface area contributed by atoms with Gasteiger partial charge in [-0.2, -0.15) is 166 Å². The van der Waals surface area contributed by atoms with E-state index in [1.165, 1.54) is 0 Å². The summed E-state index contributed by atoms with van der Waals surface area (Å²) in [4.78, 5) is 13.9. The third kappa shape index (κ3) is 12.6. The molecule has 0 aliphatic carbocycles. The lowest BCUT2D eigenvalue weighted by Gasteiger charge is -2.44. The van der Waals surface area contributed by atoms with E-state index in [4.69, 9.17) is 0 Å². The summed E-state index contributed by atoms with van der Waals surface area (Å²) in [7, 11) is -27.2. The van der Waals surface area contributed by atoms with Crippen molar-refractivity contribution in [3.05, 3.63) is 0 Å². The Bertz CT molecular complexity index is 2160. The molecule has 7 nitrogen and oxygen atoms in total. The molecule has 0 aliphatic rings. The molecule has 0 fully saturated rings. The summed E-state index contributed by atoms with van der Waals surface area (Å²) < 4.78 is 538. The van der Waals surface area contributed by atoms with Gasteiger partial charge in [-0.3, -0.25) is 4.79 Å². The molecule has 0 atom stereocenters. The van der Waals surface area contributed by atoms with Gasteiger partial charge in [0.2, 0.25) is 0 Å². The number of hydrogen-bond acceptors (Lipinski definition) is 7. The number of ketones is 1. The first-order valence-corrected chi connectivity index (χ1v) is 28.1. The van der Waals surface area contributed by atoms with Crippen LogP contribution < -0.4 is 0 Å². The van der Waals surface area contributed by atoms with Crippen LogP contribution in [0.25, 0.3) is 0 Å². The number of rotatable bonds is 34. The van der Waals surface area contributed by atoms with E-state index in [0.29, 0.717) is 0 Å². The van der Waals surface area contributed by atoms with Crippen LogP contribution in [0.5, 0.6) is 0 Å². The van der Waals surface area contributed by atoms with E-state index in [-0.39, 0.29) is 0 Å². The molecule has 0 bridgehead atoms. The highest BCUT2D eigenvalue weighted by molar-refractivity contribution is 8.34. The summed E-state index contributed by atoms with van der Waals surface area (Å²) in [6.45, 7) is 4.03. The maximum absolute atomic E-state index is 15.4. The molecule has 0 rings (SSSR count). The summed E-state index contributed by atoms with van der Waals surface area (Å²) in [5, 5.41) is -16.8. The molecule has 45 heteroatoms. The van der Waals surface area contributed by atoms with Crippen LogP contribution in [0, 0.1) is 0 Å². The van der Waals surface area contributed by atoms with Gasteiger partial charge in [0.15, 0.2) is 5.78 Å². The van der Waals surface area contributed by atoms with Crippen LogP contribution in [-0.2, 0) is 32.3 Å². The Morgan fingerprint density at radius 2 is 0.450 bits per heavy atom. The number of carbonyl (C=O) groups is 1. The molecule has 0 radical (unpaired) electrons. The number of carbonyl (C=O) groups excluding carboxylic acids is 1. The lowest BCUT2D eigenvalue weighted by Crippen LogP contribution is -2.75. The Hall–Kier alpha value is -2.19. The van der Waals surface area contributed by atoms with Crippen molar-refractivity contribution in [2.45, 2.75) is 173 Å². The lowest BCUT2D eigenvalue weighted by atomic mass is 9.91. The van der Waals surface area contributed by atoms with Crippen molar-refractivity contribution < 1.29 is 178 Å². The van der Waals surface area contributed by atoms with Gasteiger partial charge in [-0.25, -0.2) is 7.26 Å². The Balaban J connectivity index is 8.19. The van der Waals surface area contributed by atoms with Crippen molar-refractivity contribution in [1.82, 2.24) is 0 Å². The topological polar surface area (TPSA) is 104 Å². The molecule has 0 aliphatic heterocycles. The molecule has 0 aromatic carbocycles. The van der Waals surface area contributed by atoms with Gasteiger partial charge >= 0.3 is 114 Å². The summed E-state index contributed by atoms with van der Waals surface area (Å²) in [6.07, 6.45) is -21.7. The average molecular weight is 1350 g/mol. The molecule has 0 aromatic rings. The zero-order valence-corrected chi connectivity index (χ0v) is 43.0. The van der Waals surface area contributed by atoms with Crippen LogP contribution in [-0.4, -0.2) is 151 Å². The second-order valence-electron chi connectivity index (χ2n) is 17.0. The van der Waals surface area contributed by atoms with Crippen LogP contribution in [0.3, 0.4) is 0 Å². The predicted octanol–water partition coefficient (Wildman–Crippen LogP) is 15.8. The molecular weight excluding hydrogens is 1310 g/mol. The maximum Gasteiger partial charge on any atom is 0.460 e. The number of Topliss-reactive ketones (excluding diaryl/α,β-unsaturated/α-hetero) is 1. The van der Waals surface area contributed by atoms with E-state index >= 15 is 17.6 Å². The van der Waals surface area contributed by atoms with E-state index in [1.807, 2.05) is 0 Å². The molecule has 0 amide bonds. The first-order valence-electron chi connectivity index (χ1n) is 21.1. The van der Waals surface area contributed by atoms with E-state index in [1.54, 1.807) is 0 Å².